The first kappa shape index (κ1) is 47.4. The number of aldehydes is 1. The average molecular weight is 951 g/mol. The summed E-state index contributed by atoms with van der Waals surface area (Å²) in [4.78, 5) is 37.2. The fourth-order valence-corrected chi connectivity index (χ4v) is 10.2. The number of benzene rings is 2. The number of nitrogens with one attached hydrogen (secondary N) is 3. The number of imidazole rings is 2. The van der Waals surface area contributed by atoms with Crippen molar-refractivity contribution < 1.29 is 4.79 Å². The van der Waals surface area contributed by atoms with Crippen molar-refractivity contribution in [3.05, 3.63) is 133 Å². The summed E-state index contributed by atoms with van der Waals surface area (Å²) in [6.45, 7) is 12.5. The van der Waals surface area contributed by atoms with Gasteiger partial charge in [-0.2, -0.15) is 10.2 Å². The fourth-order valence-electron chi connectivity index (χ4n) is 10.2. The molecule has 4 aliphatic heterocycles. The van der Waals surface area contributed by atoms with Crippen LogP contribution in [0.2, 0.25) is 0 Å². The summed E-state index contributed by atoms with van der Waals surface area (Å²) in [5.41, 5.74) is 8.81. The monoisotopic (exact) mass is 951 g/mol. The second-order valence-electron chi connectivity index (χ2n) is 19.2. The number of rotatable bonds is 11. The van der Waals surface area contributed by atoms with Crippen LogP contribution in [0.15, 0.2) is 122 Å². The number of nitrogens with zero attached hydrogens (tertiary/aromatic N) is 11. The molecule has 15 heteroatoms. The van der Waals surface area contributed by atoms with Crippen LogP contribution in [0.25, 0.3) is 33.8 Å². The summed E-state index contributed by atoms with van der Waals surface area (Å²) in [6.07, 6.45) is 21.1. The van der Waals surface area contributed by atoms with Crippen LogP contribution in [-0.2, 0) is 6.54 Å². The Balaban J connectivity index is 0.000000148. The molecule has 4 aliphatic rings. The Labute approximate surface area is 416 Å². The van der Waals surface area contributed by atoms with Gasteiger partial charge in [0, 0.05) is 73.2 Å². The standard InChI is InChI=1S/C28H33N7.C23H22N6O.C5H11N/c1-21-8-7-16-34(21)27-12-6-11-26(31-27)30-25-19-24(32-35-17-13-29-28(25)35)23-10-5-9-22(18-23)20-33-14-3-2-4-15-33;1-16-5-4-11-28(16)22-9-3-8-21(26-22)25-20-14-19(27-29-12-10-24-23(20)29)18-7-2-6-17(13-18)15-30;1-2-4-6-5-3-1/h5-6,9-13,17-19,21H,2-4,7-8,14-16,20H2,1H3,(H,30,31);2-3,6-10,12-16H,4-5,11H2,1H3,(H,25,26);6H,1-5H2. The Hall–Kier alpha value is -7.23. The van der Waals surface area contributed by atoms with E-state index in [1.165, 1.54) is 96.0 Å². The van der Waals surface area contributed by atoms with E-state index in [1.807, 2.05) is 59.4 Å². The third-order valence-electron chi connectivity index (χ3n) is 14.0. The van der Waals surface area contributed by atoms with Crippen molar-refractivity contribution in [1.29, 1.82) is 0 Å². The zero-order chi connectivity index (χ0) is 48.4. The highest BCUT2D eigenvalue weighted by Gasteiger charge is 2.23. The zero-order valence-electron chi connectivity index (χ0n) is 41.1. The number of aromatic nitrogens is 8. The third kappa shape index (κ3) is 11.7. The topological polar surface area (TPSA) is 149 Å². The van der Waals surface area contributed by atoms with Crippen LogP contribution in [-0.4, -0.2) is 102 Å². The average Bonchev–Trinajstić information content (AvgIpc) is 4.27. The molecule has 0 radical (unpaired) electrons. The van der Waals surface area contributed by atoms with Crippen molar-refractivity contribution in [3.8, 4) is 22.5 Å². The van der Waals surface area contributed by atoms with E-state index in [-0.39, 0.29) is 0 Å². The molecule has 2 aromatic carbocycles. The van der Waals surface area contributed by atoms with Crippen molar-refractivity contribution in [1.82, 2.24) is 49.4 Å². The first-order valence-electron chi connectivity index (χ1n) is 25.7. The maximum atomic E-state index is 11.2. The highest BCUT2D eigenvalue weighted by Crippen LogP contribution is 2.31. The Morgan fingerprint density at radius 3 is 1.63 bits per heavy atom. The highest BCUT2D eigenvalue weighted by molar-refractivity contribution is 5.81. The van der Waals surface area contributed by atoms with E-state index in [4.69, 9.17) is 15.1 Å². The van der Waals surface area contributed by atoms with Gasteiger partial charge in [-0.15, -0.1) is 0 Å². The second kappa shape index (κ2) is 22.7. The quantitative estimate of drug-likeness (QED) is 0.106. The van der Waals surface area contributed by atoms with Gasteiger partial charge in [0.15, 0.2) is 11.3 Å². The molecule has 366 valence electrons. The van der Waals surface area contributed by atoms with Gasteiger partial charge in [0.25, 0.3) is 0 Å². The lowest BCUT2D eigenvalue weighted by Gasteiger charge is -2.26. The van der Waals surface area contributed by atoms with Crippen LogP contribution in [0, 0.1) is 0 Å². The van der Waals surface area contributed by atoms with Gasteiger partial charge in [-0.3, -0.25) is 9.69 Å². The molecule has 8 aromatic rings. The molecule has 0 amide bonds. The smallest absolute Gasteiger partial charge is 0.177 e. The van der Waals surface area contributed by atoms with Crippen molar-refractivity contribution >= 4 is 52.2 Å². The van der Waals surface area contributed by atoms with Gasteiger partial charge in [-0.05, 0) is 145 Å². The summed E-state index contributed by atoms with van der Waals surface area (Å²) in [6, 6.07) is 33.5. The minimum absolute atomic E-state index is 0.504. The Morgan fingerprint density at radius 1 is 0.592 bits per heavy atom. The van der Waals surface area contributed by atoms with Crippen LogP contribution in [0.3, 0.4) is 0 Å². The van der Waals surface area contributed by atoms with Gasteiger partial charge in [-0.25, -0.2) is 29.0 Å². The summed E-state index contributed by atoms with van der Waals surface area (Å²) in [5.74, 6) is 3.59. The molecule has 6 aromatic heterocycles. The van der Waals surface area contributed by atoms with Crippen molar-refractivity contribution in [2.24, 2.45) is 0 Å². The van der Waals surface area contributed by atoms with Gasteiger partial charge in [-0.1, -0.05) is 61.4 Å². The number of likely N-dealkylation sites (tertiary alicyclic amines) is 1. The first-order valence-corrected chi connectivity index (χ1v) is 25.7. The van der Waals surface area contributed by atoms with E-state index in [2.05, 4.69) is 108 Å². The van der Waals surface area contributed by atoms with Gasteiger partial charge in [0.2, 0.25) is 0 Å². The highest BCUT2D eigenvalue weighted by atomic mass is 16.1. The van der Waals surface area contributed by atoms with Crippen molar-refractivity contribution in [2.45, 2.75) is 96.7 Å². The van der Waals surface area contributed by atoms with Crippen molar-refractivity contribution in [3.63, 3.8) is 0 Å². The Bertz CT molecular complexity index is 3020. The lowest BCUT2D eigenvalue weighted by atomic mass is 10.1. The molecular weight excluding hydrogens is 885 g/mol. The van der Waals surface area contributed by atoms with Crippen LogP contribution in [0.5, 0.6) is 0 Å². The van der Waals surface area contributed by atoms with E-state index in [9.17, 15) is 4.79 Å². The van der Waals surface area contributed by atoms with E-state index in [0.29, 0.717) is 23.3 Å². The minimum atomic E-state index is 0.504. The van der Waals surface area contributed by atoms with E-state index in [0.717, 1.165) is 88.7 Å². The molecule has 0 bridgehead atoms. The number of hydrogen-bond acceptors (Lipinski definition) is 13. The minimum Gasteiger partial charge on any atom is -0.354 e. The molecule has 71 heavy (non-hydrogen) atoms. The van der Waals surface area contributed by atoms with Gasteiger partial charge < -0.3 is 25.8 Å². The maximum Gasteiger partial charge on any atom is 0.177 e. The Morgan fingerprint density at radius 2 is 1.13 bits per heavy atom. The van der Waals surface area contributed by atoms with Gasteiger partial charge in [0.1, 0.15) is 29.6 Å². The third-order valence-corrected chi connectivity index (χ3v) is 14.0. The van der Waals surface area contributed by atoms with Crippen LogP contribution >= 0.6 is 0 Å². The molecule has 4 saturated heterocycles. The number of carbonyl (C=O) groups excluding carboxylic acids is 1. The molecular formula is C56H66N14O. The largest absolute Gasteiger partial charge is 0.354 e. The van der Waals surface area contributed by atoms with E-state index < -0.39 is 0 Å². The fraction of sp³-hybridized carbons (Fsp3) is 0.375. The molecule has 10 heterocycles. The molecule has 2 atom stereocenters. The molecule has 0 saturated carbocycles. The molecule has 0 spiro atoms. The lowest BCUT2D eigenvalue weighted by Crippen LogP contribution is -2.29. The van der Waals surface area contributed by atoms with Crippen LogP contribution < -0.4 is 25.8 Å². The predicted molar refractivity (Wildman–Crippen MR) is 285 cm³/mol. The second-order valence-corrected chi connectivity index (χ2v) is 19.2. The molecule has 3 N–H and O–H groups in total. The van der Waals surface area contributed by atoms with Crippen LogP contribution in [0.1, 0.15) is 94.0 Å². The predicted octanol–water partition coefficient (Wildman–Crippen LogP) is 10.6. The number of piperidine rings is 2. The Kier molecular flexibility index (Phi) is 15.2. The lowest BCUT2D eigenvalue weighted by molar-refractivity contribution is 0.112. The van der Waals surface area contributed by atoms with Crippen LogP contribution in [0.4, 0.5) is 34.6 Å². The molecule has 12 rings (SSSR count). The van der Waals surface area contributed by atoms with E-state index in [1.54, 1.807) is 23.0 Å². The molecule has 4 fully saturated rings. The number of fused-ring (bicyclic) bond motifs is 2. The summed E-state index contributed by atoms with van der Waals surface area (Å²) < 4.78 is 3.58. The first-order chi connectivity index (χ1) is 34.9. The number of carbonyl (C=O) groups is 1. The number of anilines is 6. The number of pyridine rings is 2. The molecule has 2 unspecified atom stereocenters. The SMILES string of the molecule is C1CCNCC1.CC1CCCN1c1cccc(Nc2cc(-c3cccc(C=O)c3)nn3ccnc23)n1.CC1CCCN1c1cccc(Nc2cc(-c3cccc(CN4CCCCC4)c3)nn3ccnc23)n1. The molecule has 15 nitrogen and oxygen atoms in total. The molecule has 0 aliphatic carbocycles. The van der Waals surface area contributed by atoms with Gasteiger partial charge in [0.05, 0.1) is 22.8 Å². The maximum absolute atomic E-state index is 11.2. The zero-order valence-corrected chi connectivity index (χ0v) is 41.1. The number of hydrogen-bond donors (Lipinski definition) is 3. The van der Waals surface area contributed by atoms with E-state index >= 15 is 0 Å². The summed E-state index contributed by atoms with van der Waals surface area (Å²) >= 11 is 0. The van der Waals surface area contributed by atoms with Gasteiger partial charge >= 0.3 is 0 Å². The summed E-state index contributed by atoms with van der Waals surface area (Å²) in [7, 11) is 0. The normalized spacial score (nSPS) is 18.2. The van der Waals surface area contributed by atoms with Crippen molar-refractivity contribution in [2.75, 3.05) is 59.7 Å². The summed E-state index contributed by atoms with van der Waals surface area (Å²) in [5, 5.41) is 19.7.